The molecule has 0 fully saturated rings. The van der Waals surface area contributed by atoms with Crippen molar-refractivity contribution in [3.8, 4) is 0 Å². The summed E-state index contributed by atoms with van der Waals surface area (Å²) in [6, 6.07) is 4.27. The van der Waals surface area contributed by atoms with E-state index in [0.29, 0.717) is 11.8 Å². The zero-order valence-corrected chi connectivity index (χ0v) is 12.3. The number of hydrogen-bond acceptors (Lipinski definition) is 2. The second-order valence-electron chi connectivity index (χ2n) is 5.55. The first-order valence-electron chi connectivity index (χ1n) is 6.87. The zero-order valence-electron chi connectivity index (χ0n) is 12.3. The molecule has 0 spiro atoms. The Labute approximate surface area is 115 Å². The highest BCUT2D eigenvalue weighted by atomic mass is 15.3. The molecule has 0 radical (unpaired) electrons. The lowest BCUT2D eigenvalue weighted by Crippen LogP contribution is -2.26. The van der Waals surface area contributed by atoms with Gasteiger partial charge in [-0.25, -0.2) is 0 Å². The number of aromatic nitrogens is 3. The monoisotopic (exact) mass is 260 g/mol. The maximum atomic E-state index is 4.28. The molecule has 0 aliphatic carbocycles. The minimum atomic E-state index is 0.496. The SMILES string of the molecule is CC(C)C(CNCc1ccn(C)c1)c1ccnn1C. The summed E-state index contributed by atoms with van der Waals surface area (Å²) in [6.07, 6.45) is 6.11. The Morgan fingerprint density at radius 1 is 1.26 bits per heavy atom. The lowest BCUT2D eigenvalue weighted by atomic mass is 9.92. The Bertz CT molecular complexity index is 510. The molecule has 0 bridgehead atoms. The van der Waals surface area contributed by atoms with Crippen molar-refractivity contribution in [1.29, 1.82) is 0 Å². The predicted octanol–water partition coefficient (Wildman–Crippen LogP) is 2.29. The topological polar surface area (TPSA) is 34.8 Å². The third-order valence-corrected chi connectivity index (χ3v) is 3.63. The highest BCUT2D eigenvalue weighted by molar-refractivity contribution is 5.11. The molecule has 0 aromatic carbocycles. The van der Waals surface area contributed by atoms with E-state index in [0.717, 1.165) is 13.1 Å². The van der Waals surface area contributed by atoms with Crippen LogP contribution in [-0.4, -0.2) is 20.9 Å². The molecule has 104 valence electrons. The van der Waals surface area contributed by atoms with Crippen LogP contribution < -0.4 is 5.32 Å². The molecule has 2 heterocycles. The van der Waals surface area contributed by atoms with E-state index in [-0.39, 0.29) is 0 Å². The van der Waals surface area contributed by atoms with Gasteiger partial charge in [0.05, 0.1) is 0 Å². The van der Waals surface area contributed by atoms with E-state index < -0.39 is 0 Å². The van der Waals surface area contributed by atoms with Crippen molar-refractivity contribution >= 4 is 0 Å². The van der Waals surface area contributed by atoms with Gasteiger partial charge in [0.25, 0.3) is 0 Å². The quantitative estimate of drug-likeness (QED) is 0.865. The maximum Gasteiger partial charge on any atom is 0.0492 e. The molecule has 19 heavy (non-hydrogen) atoms. The summed E-state index contributed by atoms with van der Waals surface area (Å²) in [7, 11) is 4.07. The van der Waals surface area contributed by atoms with E-state index in [9.17, 15) is 0 Å². The van der Waals surface area contributed by atoms with Crippen LogP contribution in [0.1, 0.15) is 31.0 Å². The molecule has 0 aliphatic heterocycles. The number of nitrogens with zero attached hydrogens (tertiary/aromatic N) is 3. The molecule has 2 rings (SSSR count). The molecular formula is C15H24N4. The van der Waals surface area contributed by atoms with Gasteiger partial charge in [-0.05, 0) is 23.6 Å². The summed E-state index contributed by atoms with van der Waals surface area (Å²) in [6.45, 7) is 6.43. The van der Waals surface area contributed by atoms with Gasteiger partial charge in [0, 0.05) is 57.4 Å². The second kappa shape index (κ2) is 6.06. The summed E-state index contributed by atoms with van der Waals surface area (Å²) in [5, 5.41) is 7.83. The minimum absolute atomic E-state index is 0.496. The van der Waals surface area contributed by atoms with E-state index in [4.69, 9.17) is 0 Å². The van der Waals surface area contributed by atoms with E-state index in [2.05, 4.69) is 60.4 Å². The fraction of sp³-hybridized carbons (Fsp3) is 0.533. The van der Waals surface area contributed by atoms with Crippen LogP contribution >= 0.6 is 0 Å². The molecule has 2 aromatic heterocycles. The van der Waals surface area contributed by atoms with E-state index in [1.807, 2.05) is 17.9 Å². The second-order valence-corrected chi connectivity index (χ2v) is 5.55. The van der Waals surface area contributed by atoms with Gasteiger partial charge in [-0.15, -0.1) is 0 Å². The first-order chi connectivity index (χ1) is 9.08. The normalized spacial score (nSPS) is 13.1. The van der Waals surface area contributed by atoms with Crippen molar-refractivity contribution < 1.29 is 0 Å². The molecule has 1 N–H and O–H groups in total. The van der Waals surface area contributed by atoms with Crippen molar-refractivity contribution in [2.45, 2.75) is 26.3 Å². The molecule has 1 atom stereocenters. The van der Waals surface area contributed by atoms with Crippen LogP contribution in [0.5, 0.6) is 0 Å². The molecule has 0 saturated carbocycles. The van der Waals surface area contributed by atoms with Gasteiger partial charge in [-0.2, -0.15) is 5.10 Å². The number of aryl methyl sites for hydroxylation is 2. The van der Waals surface area contributed by atoms with E-state index in [1.54, 1.807) is 0 Å². The number of nitrogens with one attached hydrogen (secondary N) is 1. The zero-order chi connectivity index (χ0) is 13.8. The Hall–Kier alpha value is -1.55. The predicted molar refractivity (Wildman–Crippen MR) is 77.9 cm³/mol. The summed E-state index contributed by atoms with van der Waals surface area (Å²) >= 11 is 0. The van der Waals surface area contributed by atoms with E-state index in [1.165, 1.54) is 11.3 Å². The summed E-state index contributed by atoms with van der Waals surface area (Å²) in [5.41, 5.74) is 2.63. The summed E-state index contributed by atoms with van der Waals surface area (Å²) in [4.78, 5) is 0. The van der Waals surface area contributed by atoms with Gasteiger partial charge < -0.3 is 9.88 Å². The highest BCUT2D eigenvalue weighted by Crippen LogP contribution is 2.22. The number of hydrogen-bond donors (Lipinski definition) is 1. The van der Waals surface area contributed by atoms with Crippen LogP contribution in [0.15, 0.2) is 30.7 Å². The van der Waals surface area contributed by atoms with Gasteiger partial charge in [0.1, 0.15) is 0 Å². The first-order valence-corrected chi connectivity index (χ1v) is 6.87. The fourth-order valence-electron chi connectivity index (χ4n) is 2.47. The van der Waals surface area contributed by atoms with E-state index >= 15 is 0 Å². The van der Waals surface area contributed by atoms with Crippen LogP contribution in [0.3, 0.4) is 0 Å². The molecule has 0 amide bonds. The van der Waals surface area contributed by atoms with Crippen LogP contribution in [-0.2, 0) is 20.6 Å². The fourth-order valence-corrected chi connectivity index (χ4v) is 2.47. The average Bonchev–Trinajstić information content (AvgIpc) is 2.94. The lowest BCUT2D eigenvalue weighted by Gasteiger charge is -2.21. The molecular weight excluding hydrogens is 236 g/mol. The molecule has 4 nitrogen and oxygen atoms in total. The Balaban J connectivity index is 1.93. The van der Waals surface area contributed by atoms with Gasteiger partial charge >= 0.3 is 0 Å². The van der Waals surface area contributed by atoms with Crippen molar-refractivity contribution in [3.05, 3.63) is 42.0 Å². The van der Waals surface area contributed by atoms with Crippen LogP contribution in [0.25, 0.3) is 0 Å². The van der Waals surface area contributed by atoms with Crippen molar-refractivity contribution in [2.75, 3.05) is 6.54 Å². The van der Waals surface area contributed by atoms with Crippen LogP contribution in [0.4, 0.5) is 0 Å². The third kappa shape index (κ3) is 3.47. The van der Waals surface area contributed by atoms with Gasteiger partial charge in [0.15, 0.2) is 0 Å². The van der Waals surface area contributed by atoms with Gasteiger partial charge in [0.2, 0.25) is 0 Å². The highest BCUT2D eigenvalue weighted by Gasteiger charge is 2.18. The van der Waals surface area contributed by atoms with Gasteiger partial charge in [-0.1, -0.05) is 13.8 Å². The molecule has 4 heteroatoms. The molecule has 0 saturated heterocycles. The van der Waals surface area contributed by atoms with Crippen LogP contribution in [0.2, 0.25) is 0 Å². The average molecular weight is 260 g/mol. The summed E-state index contributed by atoms with van der Waals surface area (Å²) < 4.78 is 4.06. The van der Waals surface area contributed by atoms with Gasteiger partial charge in [-0.3, -0.25) is 4.68 Å². The van der Waals surface area contributed by atoms with Crippen molar-refractivity contribution in [3.63, 3.8) is 0 Å². The Kier molecular flexibility index (Phi) is 4.43. The third-order valence-electron chi connectivity index (χ3n) is 3.63. The molecule has 1 unspecified atom stereocenters. The lowest BCUT2D eigenvalue weighted by molar-refractivity contribution is 0.437. The van der Waals surface area contributed by atoms with Crippen molar-refractivity contribution in [2.24, 2.45) is 20.0 Å². The largest absolute Gasteiger partial charge is 0.357 e. The number of rotatable bonds is 6. The molecule has 0 aliphatic rings. The maximum absolute atomic E-state index is 4.28. The smallest absolute Gasteiger partial charge is 0.0492 e. The minimum Gasteiger partial charge on any atom is -0.357 e. The Morgan fingerprint density at radius 3 is 2.58 bits per heavy atom. The van der Waals surface area contributed by atoms with Crippen molar-refractivity contribution in [1.82, 2.24) is 19.7 Å². The summed E-state index contributed by atoms with van der Waals surface area (Å²) in [5.74, 6) is 1.09. The first kappa shape index (κ1) is 13.9. The standard InChI is InChI=1S/C15H24N4/c1-12(2)14(15-5-7-17-19(15)4)10-16-9-13-6-8-18(3)11-13/h5-8,11-12,14,16H,9-10H2,1-4H3. The Morgan fingerprint density at radius 2 is 2.05 bits per heavy atom. The van der Waals surface area contributed by atoms with Crippen LogP contribution in [0, 0.1) is 5.92 Å². The molecule has 2 aromatic rings.